The van der Waals surface area contributed by atoms with Crippen LogP contribution in [0.2, 0.25) is 0 Å². The van der Waals surface area contributed by atoms with Gasteiger partial charge in [0.25, 0.3) is 0 Å². The Bertz CT molecular complexity index is 977. The van der Waals surface area contributed by atoms with Crippen molar-refractivity contribution in [3.63, 3.8) is 0 Å². The summed E-state index contributed by atoms with van der Waals surface area (Å²) in [4.78, 5) is 36.9. The normalized spacial score (nSPS) is 10.5. The molecule has 0 atom stereocenters. The summed E-state index contributed by atoms with van der Waals surface area (Å²) in [6.07, 6.45) is 3.16. The van der Waals surface area contributed by atoms with Crippen molar-refractivity contribution in [2.45, 2.75) is 18.9 Å². The van der Waals surface area contributed by atoms with Crippen LogP contribution in [0.25, 0.3) is 11.0 Å². The van der Waals surface area contributed by atoms with E-state index in [2.05, 4.69) is 25.6 Å². The molecule has 8 heteroatoms. The van der Waals surface area contributed by atoms with Gasteiger partial charge in [0.15, 0.2) is 0 Å². The van der Waals surface area contributed by atoms with Crippen molar-refractivity contribution in [2.24, 2.45) is 0 Å². The number of anilines is 1. The van der Waals surface area contributed by atoms with Crippen molar-refractivity contribution in [3.8, 4) is 0 Å². The summed E-state index contributed by atoms with van der Waals surface area (Å²) in [7, 11) is 0. The van der Waals surface area contributed by atoms with Gasteiger partial charge in [0.2, 0.25) is 5.91 Å². The van der Waals surface area contributed by atoms with Gasteiger partial charge in [0, 0.05) is 6.20 Å². The maximum atomic E-state index is 12.0. The van der Waals surface area contributed by atoms with E-state index in [1.807, 2.05) is 38.1 Å². The van der Waals surface area contributed by atoms with Gasteiger partial charge in [-0.1, -0.05) is 23.9 Å². The van der Waals surface area contributed by atoms with Crippen LogP contribution in [0.5, 0.6) is 0 Å². The Hall–Kier alpha value is -3.00. The molecule has 0 saturated carbocycles. The molecule has 2 heterocycles. The fourth-order valence-corrected chi connectivity index (χ4v) is 3.01. The molecular weight excluding hydrogens is 350 g/mol. The lowest BCUT2D eigenvalue weighted by Gasteiger charge is -2.09. The lowest BCUT2D eigenvalue weighted by molar-refractivity contribution is -0.117. The Balaban J connectivity index is 1.58. The number of carbonyl (C=O) groups excluding carboxylic acids is 2. The number of imide groups is 1. The highest BCUT2D eigenvalue weighted by Crippen LogP contribution is 2.21. The van der Waals surface area contributed by atoms with Crippen molar-refractivity contribution < 1.29 is 9.59 Å². The van der Waals surface area contributed by atoms with E-state index in [9.17, 15) is 9.59 Å². The van der Waals surface area contributed by atoms with E-state index >= 15 is 0 Å². The van der Waals surface area contributed by atoms with Crippen LogP contribution in [0.4, 0.5) is 10.5 Å². The number of urea groups is 1. The predicted octanol–water partition coefficient (Wildman–Crippen LogP) is 3.08. The SMILES string of the molecule is Cc1ccncc1NC(=O)NC(=O)CSc1nc2ccccc2nc1C. The maximum absolute atomic E-state index is 12.0. The molecule has 7 nitrogen and oxygen atoms in total. The number of hydrogen-bond donors (Lipinski definition) is 2. The van der Waals surface area contributed by atoms with E-state index in [0.29, 0.717) is 10.7 Å². The molecule has 3 aromatic rings. The fourth-order valence-electron chi connectivity index (χ4n) is 2.25. The molecule has 3 rings (SSSR count). The molecular formula is C18H17N5O2S. The molecule has 0 radical (unpaired) electrons. The van der Waals surface area contributed by atoms with E-state index in [-0.39, 0.29) is 5.75 Å². The van der Waals surface area contributed by atoms with Crippen molar-refractivity contribution in [2.75, 3.05) is 11.1 Å². The van der Waals surface area contributed by atoms with Gasteiger partial charge in [-0.2, -0.15) is 0 Å². The van der Waals surface area contributed by atoms with Gasteiger partial charge in [-0.25, -0.2) is 14.8 Å². The molecule has 0 saturated heterocycles. The third-order valence-corrected chi connectivity index (χ3v) is 4.65. The molecule has 0 aliphatic carbocycles. The number of carbonyl (C=O) groups is 2. The molecule has 0 aliphatic rings. The Morgan fingerprint density at radius 1 is 1.08 bits per heavy atom. The highest BCUT2D eigenvalue weighted by Gasteiger charge is 2.12. The quantitative estimate of drug-likeness (QED) is 0.688. The van der Waals surface area contributed by atoms with E-state index < -0.39 is 11.9 Å². The number of pyridine rings is 1. The maximum Gasteiger partial charge on any atom is 0.325 e. The standard InChI is InChI=1S/C18H17N5O2S/c1-11-7-8-19-9-15(11)22-18(25)23-16(24)10-26-17-12(2)20-13-5-3-4-6-14(13)21-17/h3-9H,10H2,1-2H3,(H2,22,23,24,25). The van der Waals surface area contributed by atoms with Gasteiger partial charge < -0.3 is 5.32 Å². The summed E-state index contributed by atoms with van der Waals surface area (Å²) in [6.45, 7) is 3.69. The van der Waals surface area contributed by atoms with Crippen molar-refractivity contribution in [1.82, 2.24) is 20.3 Å². The third-order valence-electron chi connectivity index (χ3n) is 3.58. The predicted molar refractivity (Wildman–Crippen MR) is 101 cm³/mol. The van der Waals surface area contributed by atoms with Gasteiger partial charge in [-0.15, -0.1) is 0 Å². The van der Waals surface area contributed by atoms with Crippen molar-refractivity contribution in [1.29, 1.82) is 0 Å². The van der Waals surface area contributed by atoms with E-state index in [0.717, 1.165) is 22.3 Å². The Kier molecular flexibility index (Phi) is 5.43. The van der Waals surface area contributed by atoms with Crippen LogP contribution in [-0.2, 0) is 4.79 Å². The average Bonchev–Trinajstić information content (AvgIpc) is 2.62. The number of amides is 3. The number of thioether (sulfide) groups is 1. The zero-order valence-corrected chi connectivity index (χ0v) is 15.1. The number of nitrogens with zero attached hydrogens (tertiary/aromatic N) is 3. The van der Waals surface area contributed by atoms with Gasteiger partial charge in [0.1, 0.15) is 5.03 Å². The lowest BCUT2D eigenvalue weighted by Crippen LogP contribution is -2.35. The molecule has 0 bridgehead atoms. The number of aryl methyl sites for hydroxylation is 2. The third kappa shape index (κ3) is 4.34. The number of hydrogen-bond acceptors (Lipinski definition) is 6. The minimum absolute atomic E-state index is 0.0628. The van der Waals surface area contributed by atoms with Gasteiger partial charge >= 0.3 is 6.03 Å². The highest BCUT2D eigenvalue weighted by atomic mass is 32.2. The van der Waals surface area contributed by atoms with Gasteiger partial charge in [0.05, 0.1) is 34.4 Å². The van der Waals surface area contributed by atoms with Crippen LogP contribution in [0.15, 0.2) is 47.8 Å². The van der Waals surface area contributed by atoms with E-state index in [1.165, 1.54) is 18.0 Å². The largest absolute Gasteiger partial charge is 0.325 e. The fraction of sp³-hybridized carbons (Fsp3) is 0.167. The minimum Gasteiger partial charge on any atom is -0.306 e. The Labute approximate surface area is 154 Å². The first-order chi connectivity index (χ1) is 12.5. The molecule has 0 unspecified atom stereocenters. The second-order valence-corrected chi connectivity index (χ2v) is 6.55. The number of fused-ring (bicyclic) bond motifs is 1. The summed E-state index contributed by atoms with van der Waals surface area (Å²) in [5.74, 6) is -0.351. The van der Waals surface area contributed by atoms with Crippen molar-refractivity contribution in [3.05, 3.63) is 54.0 Å². The summed E-state index contributed by atoms with van der Waals surface area (Å²) in [5.41, 5.74) is 3.74. The van der Waals surface area contributed by atoms with Crippen molar-refractivity contribution >= 4 is 40.4 Å². The second-order valence-electron chi connectivity index (χ2n) is 5.58. The van der Waals surface area contributed by atoms with Crippen LogP contribution in [0.3, 0.4) is 0 Å². The minimum atomic E-state index is -0.590. The molecule has 0 spiro atoms. The second kappa shape index (κ2) is 7.92. The van der Waals surface area contributed by atoms with Gasteiger partial charge in [-0.3, -0.25) is 15.1 Å². The molecule has 0 aliphatic heterocycles. The summed E-state index contributed by atoms with van der Waals surface area (Å²) in [6, 6.07) is 8.73. The summed E-state index contributed by atoms with van der Waals surface area (Å²) < 4.78 is 0. The first kappa shape index (κ1) is 17.8. The van der Waals surface area contributed by atoms with Crippen LogP contribution < -0.4 is 10.6 Å². The van der Waals surface area contributed by atoms with Crippen LogP contribution in [-0.4, -0.2) is 32.6 Å². The van der Waals surface area contributed by atoms with Crippen LogP contribution >= 0.6 is 11.8 Å². The number of nitrogens with one attached hydrogen (secondary N) is 2. The topological polar surface area (TPSA) is 96.9 Å². The number of rotatable bonds is 4. The molecule has 2 aromatic heterocycles. The highest BCUT2D eigenvalue weighted by molar-refractivity contribution is 7.99. The lowest BCUT2D eigenvalue weighted by atomic mass is 10.2. The number of benzene rings is 1. The summed E-state index contributed by atoms with van der Waals surface area (Å²) >= 11 is 1.24. The first-order valence-electron chi connectivity index (χ1n) is 7.90. The zero-order valence-electron chi connectivity index (χ0n) is 14.3. The monoisotopic (exact) mass is 367 g/mol. The van der Waals surface area contributed by atoms with Crippen LogP contribution in [0, 0.1) is 13.8 Å². The van der Waals surface area contributed by atoms with Crippen LogP contribution in [0.1, 0.15) is 11.3 Å². The number of aromatic nitrogens is 3. The van der Waals surface area contributed by atoms with E-state index in [1.54, 1.807) is 12.3 Å². The number of para-hydroxylation sites is 2. The molecule has 3 amide bonds. The smallest absolute Gasteiger partial charge is 0.306 e. The Morgan fingerprint density at radius 3 is 2.54 bits per heavy atom. The Morgan fingerprint density at radius 2 is 1.81 bits per heavy atom. The first-order valence-corrected chi connectivity index (χ1v) is 8.89. The van der Waals surface area contributed by atoms with E-state index in [4.69, 9.17) is 0 Å². The molecule has 0 fully saturated rings. The summed E-state index contributed by atoms with van der Waals surface area (Å²) in [5, 5.41) is 5.57. The zero-order chi connectivity index (χ0) is 18.5. The molecule has 1 aromatic carbocycles. The molecule has 132 valence electrons. The van der Waals surface area contributed by atoms with Gasteiger partial charge in [-0.05, 0) is 37.6 Å². The average molecular weight is 367 g/mol. The molecule has 2 N–H and O–H groups in total. The molecule has 26 heavy (non-hydrogen) atoms.